The summed E-state index contributed by atoms with van der Waals surface area (Å²) in [6, 6.07) is 0. The van der Waals surface area contributed by atoms with Crippen LogP contribution < -0.4 is 4.90 Å². The number of piperidine rings is 1. The average molecular weight is 487 g/mol. The summed E-state index contributed by atoms with van der Waals surface area (Å²) in [5.41, 5.74) is 3.08. The highest BCUT2D eigenvalue weighted by Crippen LogP contribution is 2.39. The zero-order valence-corrected chi connectivity index (χ0v) is 21.4. The van der Waals surface area contributed by atoms with E-state index >= 15 is 0 Å². The number of rotatable bonds is 5. The van der Waals surface area contributed by atoms with Crippen molar-refractivity contribution in [3.8, 4) is 0 Å². The molecule has 1 saturated heterocycles. The molecule has 1 aliphatic rings. The molecule has 0 spiro atoms. The Labute approximate surface area is 190 Å². The van der Waals surface area contributed by atoms with Gasteiger partial charge in [0, 0.05) is 24.3 Å². The maximum Gasteiger partial charge on any atom is 0.310 e. The fourth-order valence-corrected chi connectivity index (χ4v) is 3.89. The molecule has 0 aromatic carbocycles. The normalized spacial score (nSPS) is 16.2. The van der Waals surface area contributed by atoms with Crippen LogP contribution in [0.2, 0.25) is 0 Å². The van der Waals surface area contributed by atoms with Crippen LogP contribution in [-0.2, 0) is 22.6 Å². The number of aliphatic hydroxyl groups excluding tert-OH is 1. The van der Waals surface area contributed by atoms with Crippen molar-refractivity contribution in [1.82, 2.24) is 4.98 Å². The summed E-state index contributed by atoms with van der Waals surface area (Å²) in [6.45, 7) is 17.1. The predicted molar refractivity (Wildman–Crippen MR) is 125 cm³/mol. The molecule has 0 unspecified atom stereocenters. The van der Waals surface area contributed by atoms with Crippen molar-refractivity contribution >= 4 is 27.6 Å². The molecule has 6 nitrogen and oxygen atoms in total. The molecule has 2 N–H and O–H groups in total. The molecule has 1 aliphatic heterocycles. The molecule has 0 bridgehead atoms. The number of esters is 1. The highest BCUT2D eigenvalue weighted by Gasteiger charge is 2.30. The monoisotopic (exact) mass is 486 g/mol. The van der Waals surface area contributed by atoms with Gasteiger partial charge >= 0.3 is 5.97 Å². The van der Waals surface area contributed by atoms with E-state index in [1.54, 1.807) is 20.8 Å². The second-order valence-electron chi connectivity index (χ2n) is 9.98. The third-order valence-corrected chi connectivity index (χ3v) is 5.59. The number of pyridine rings is 1. The first kappa shape index (κ1) is 26.9. The minimum absolute atomic E-state index is 0.134. The van der Waals surface area contributed by atoms with Crippen LogP contribution in [0.1, 0.15) is 78.3 Å². The number of aliphatic hydroxyl groups is 2. The first-order chi connectivity index (χ1) is 13.6. The molecule has 1 fully saturated rings. The van der Waals surface area contributed by atoms with Crippen LogP contribution >= 0.6 is 15.9 Å². The quantitative estimate of drug-likeness (QED) is 0.594. The third kappa shape index (κ3) is 8.90. The van der Waals surface area contributed by atoms with E-state index in [0.29, 0.717) is 11.1 Å². The van der Waals surface area contributed by atoms with E-state index in [4.69, 9.17) is 9.84 Å². The van der Waals surface area contributed by atoms with Crippen LogP contribution in [-0.4, -0.2) is 46.0 Å². The van der Waals surface area contributed by atoms with Crippen molar-refractivity contribution < 1.29 is 19.7 Å². The number of aryl methyl sites for hydroxylation is 1. The number of anilines is 1. The van der Waals surface area contributed by atoms with E-state index in [1.165, 1.54) is 0 Å². The van der Waals surface area contributed by atoms with Gasteiger partial charge in [0.1, 0.15) is 0 Å². The molecule has 0 radical (unpaired) electrons. The van der Waals surface area contributed by atoms with Gasteiger partial charge in [0.25, 0.3) is 0 Å². The van der Waals surface area contributed by atoms with Crippen molar-refractivity contribution in [2.75, 3.05) is 18.0 Å². The van der Waals surface area contributed by atoms with Crippen molar-refractivity contribution in [2.45, 2.75) is 93.0 Å². The molecule has 0 atom stereocenters. The van der Waals surface area contributed by atoms with Gasteiger partial charge in [0.2, 0.25) is 0 Å². The number of aromatic nitrogens is 1. The molecule has 1 aromatic rings. The van der Waals surface area contributed by atoms with Gasteiger partial charge in [-0.25, -0.2) is 0 Å². The van der Waals surface area contributed by atoms with Crippen molar-refractivity contribution in [1.29, 1.82) is 0 Å². The third-order valence-electron chi connectivity index (χ3n) is 4.76. The maximum absolute atomic E-state index is 12.2. The lowest BCUT2D eigenvalue weighted by Crippen LogP contribution is -2.38. The van der Waals surface area contributed by atoms with E-state index in [9.17, 15) is 9.90 Å². The molecule has 7 heteroatoms. The minimum atomic E-state index is -0.500. The topological polar surface area (TPSA) is 82.9 Å². The lowest BCUT2D eigenvalue weighted by atomic mass is 9.82. The largest absolute Gasteiger partial charge is 0.463 e. The first-order valence-electron chi connectivity index (χ1n) is 10.6. The van der Waals surface area contributed by atoms with Crippen LogP contribution in [0.15, 0.2) is 4.47 Å². The fraction of sp³-hybridized carbons (Fsp3) is 0.739. The second kappa shape index (κ2) is 10.9. The lowest BCUT2D eigenvalue weighted by Gasteiger charge is -2.39. The Morgan fingerprint density at radius 1 is 1.27 bits per heavy atom. The Hall–Kier alpha value is -1.18. The molecule has 30 heavy (non-hydrogen) atoms. The van der Waals surface area contributed by atoms with Crippen molar-refractivity contribution in [3.05, 3.63) is 21.4 Å². The SMILES string of the molecule is CC(C)(C)O.Cc1nc(CO)c(Br)c(N2CCC(C)(C)CC2)c1CC(=O)OC(C)C. The van der Waals surface area contributed by atoms with E-state index in [1.807, 2.05) is 20.8 Å². The number of carbonyl (C=O) groups excluding carboxylic acids is 1. The predicted octanol–water partition coefficient (Wildman–Crippen LogP) is 4.54. The summed E-state index contributed by atoms with van der Waals surface area (Å²) in [5, 5.41) is 18.2. The molecule has 2 heterocycles. The van der Waals surface area contributed by atoms with Crippen molar-refractivity contribution in [3.63, 3.8) is 0 Å². The van der Waals surface area contributed by atoms with Gasteiger partial charge < -0.3 is 19.8 Å². The Kier molecular flexibility index (Phi) is 9.77. The molecule has 0 aliphatic carbocycles. The summed E-state index contributed by atoms with van der Waals surface area (Å²) < 4.78 is 6.12. The molecule has 172 valence electrons. The second-order valence-corrected chi connectivity index (χ2v) is 10.8. The molecule has 2 rings (SSSR count). The Morgan fingerprint density at radius 3 is 2.20 bits per heavy atom. The van der Waals surface area contributed by atoms with Gasteiger partial charge in [-0.2, -0.15) is 0 Å². The number of halogens is 1. The number of hydrogen-bond donors (Lipinski definition) is 2. The first-order valence-corrected chi connectivity index (χ1v) is 11.4. The smallest absolute Gasteiger partial charge is 0.310 e. The summed E-state index contributed by atoms with van der Waals surface area (Å²) in [4.78, 5) is 19.0. The molecule has 0 amide bonds. The van der Waals surface area contributed by atoms with E-state index < -0.39 is 5.60 Å². The molecular formula is C23H39BrN2O4. The van der Waals surface area contributed by atoms with Gasteiger partial charge in [-0.15, -0.1) is 0 Å². The van der Waals surface area contributed by atoms with Gasteiger partial charge in [-0.3, -0.25) is 9.78 Å². The number of hydrogen-bond acceptors (Lipinski definition) is 6. The van der Waals surface area contributed by atoms with Crippen LogP contribution in [0.3, 0.4) is 0 Å². The zero-order valence-electron chi connectivity index (χ0n) is 19.8. The molecule has 1 aromatic heterocycles. The minimum Gasteiger partial charge on any atom is -0.463 e. The van der Waals surface area contributed by atoms with Crippen LogP contribution in [0.25, 0.3) is 0 Å². The Morgan fingerprint density at radius 2 is 1.77 bits per heavy atom. The highest BCUT2D eigenvalue weighted by atomic mass is 79.9. The molecule has 0 saturated carbocycles. The fourth-order valence-electron chi connectivity index (χ4n) is 3.19. The van der Waals surface area contributed by atoms with Crippen molar-refractivity contribution in [2.24, 2.45) is 5.41 Å². The summed E-state index contributed by atoms with van der Waals surface area (Å²) in [7, 11) is 0. The van der Waals surface area contributed by atoms with Gasteiger partial charge in [-0.05, 0) is 75.7 Å². The van der Waals surface area contributed by atoms with Gasteiger partial charge in [-0.1, -0.05) is 13.8 Å². The van der Waals surface area contributed by atoms with Crippen LogP contribution in [0.4, 0.5) is 5.69 Å². The average Bonchev–Trinajstić information content (AvgIpc) is 2.56. The van der Waals surface area contributed by atoms with E-state index in [2.05, 4.69) is 39.7 Å². The Balaban J connectivity index is 0.000000804. The summed E-state index contributed by atoms with van der Waals surface area (Å²) >= 11 is 3.62. The zero-order chi connectivity index (χ0) is 23.3. The Bertz CT molecular complexity index is 711. The lowest BCUT2D eigenvalue weighted by molar-refractivity contribution is -0.146. The number of carbonyl (C=O) groups is 1. The number of ether oxygens (including phenoxy) is 1. The summed E-state index contributed by atoms with van der Waals surface area (Å²) in [5.74, 6) is -0.248. The maximum atomic E-state index is 12.2. The summed E-state index contributed by atoms with van der Waals surface area (Å²) in [6.07, 6.45) is 2.23. The van der Waals surface area contributed by atoms with E-state index in [-0.39, 0.29) is 25.1 Å². The van der Waals surface area contributed by atoms with Crippen LogP contribution in [0, 0.1) is 12.3 Å². The molecular weight excluding hydrogens is 448 g/mol. The van der Waals surface area contributed by atoms with Gasteiger partial charge in [0.15, 0.2) is 0 Å². The van der Waals surface area contributed by atoms with Gasteiger partial charge in [0.05, 0.1) is 40.6 Å². The highest BCUT2D eigenvalue weighted by molar-refractivity contribution is 9.10. The van der Waals surface area contributed by atoms with E-state index in [0.717, 1.165) is 47.3 Å². The standard InChI is InChI=1S/C19H29BrN2O3.C4H10O/c1-12(2)25-16(24)10-14-13(3)21-15(11-23)17(20)18(14)22-8-6-19(4,5)7-9-22;1-4(2,3)5/h12,23H,6-11H2,1-5H3;5H,1-3H3. The number of nitrogens with zero attached hydrogens (tertiary/aromatic N) is 2. The van der Waals surface area contributed by atoms with Crippen LogP contribution in [0.5, 0.6) is 0 Å².